The van der Waals surface area contributed by atoms with Crippen LogP contribution < -0.4 is 14.2 Å². The number of Topliss-reactive ketones (excluding diaryl/α,β-unsaturated/α-hetero) is 1. The van der Waals surface area contributed by atoms with Crippen LogP contribution in [0.25, 0.3) is 5.76 Å². The maximum Gasteiger partial charge on any atom is 0.295 e. The number of carbonyl (C=O) groups is 2. The van der Waals surface area contributed by atoms with Gasteiger partial charge in [-0.25, -0.2) is 0 Å². The van der Waals surface area contributed by atoms with Crippen molar-refractivity contribution >= 4 is 17.4 Å². The van der Waals surface area contributed by atoms with Crippen LogP contribution in [0, 0.1) is 12.8 Å². The maximum atomic E-state index is 13.3. The Labute approximate surface area is 247 Å². The molecule has 8 heteroatoms. The van der Waals surface area contributed by atoms with Gasteiger partial charge in [-0.15, -0.1) is 0 Å². The number of carbonyl (C=O) groups excluding carboxylic acids is 2. The van der Waals surface area contributed by atoms with Crippen LogP contribution in [0.5, 0.6) is 17.2 Å². The van der Waals surface area contributed by atoms with Crippen LogP contribution in [-0.2, 0) is 20.9 Å². The number of nitrogens with zero attached hydrogens (tertiary/aromatic N) is 1. The summed E-state index contributed by atoms with van der Waals surface area (Å²) in [4.78, 5) is 27.9. The van der Waals surface area contributed by atoms with E-state index >= 15 is 0 Å². The average molecular weight is 574 g/mol. The molecule has 1 heterocycles. The van der Waals surface area contributed by atoms with Gasteiger partial charge in [0.25, 0.3) is 11.7 Å². The molecule has 1 fully saturated rings. The van der Waals surface area contributed by atoms with Crippen molar-refractivity contribution in [1.82, 2.24) is 4.90 Å². The van der Waals surface area contributed by atoms with Gasteiger partial charge in [0.05, 0.1) is 31.9 Å². The first-order valence-corrected chi connectivity index (χ1v) is 14.1. The Balaban J connectivity index is 1.65. The molecule has 222 valence electrons. The molecule has 42 heavy (non-hydrogen) atoms. The minimum atomic E-state index is -0.837. The molecule has 8 nitrogen and oxygen atoms in total. The summed E-state index contributed by atoms with van der Waals surface area (Å²) >= 11 is 0. The summed E-state index contributed by atoms with van der Waals surface area (Å²) in [6.07, 6.45) is 0.887. The highest BCUT2D eigenvalue weighted by Crippen LogP contribution is 2.42. The molecule has 4 rings (SSSR count). The normalized spacial score (nSPS) is 16.2. The lowest BCUT2D eigenvalue weighted by Gasteiger charge is -2.25. The van der Waals surface area contributed by atoms with E-state index in [1.807, 2.05) is 25.1 Å². The highest BCUT2D eigenvalue weighted by atomic mass is 16.5. The fourth-order valence-corrected chi connectivity index (χ4v) is 4.86. The Morgan fingerprint density at radius 3 is 2.36 bits per heavy atom. The number of hydrogen-bond donors (Lipinski definition) is 1. The van der Waals surface area contributed by atoms with E-state index in [4.69, 9.17) is 18.9 Å². The number of amides is 1. The minimum Gasteiger partial charge on any atom is -0.507 e. The number of aryl methyl sites for hydroxylation is 1. The van der Waals surface area contributed by atoms with Crippen LogP contribution >= 0.6 is 0 Å². The number of aliphatic hydroxyl groups is 1. The Kier molecular flexibility index (Phi) is 10.3. The minimum absolute atomic E-state index is 0.0000569. The zero-order valence-corrected chi connectivity index (χ0v) is 24.9. The second kappa shape index (κ2) is 14.0. The largest absolute Gasteiger partial charge is 0.507 e. The first kappa shape index (κ1) is 30.7. The highest BCUT2D eigenvalue weighted by molar-refractivity contribution is 6.46. The Bertz CT molecular complexity index is 1430. The van der Waals surface area contributed by atoms with Crippen molar-refractivity contribution in [2.75, 3.05) is 34.0 Å². The Morgan fingerprint density at radius 1 is 0.929 bits per heavy atom. The summed E-state index contributed by atoms with van der Waals surface area (Å²) in [5.41, 5.74) is 3.20. The molecule has 1 atom stereocenters. The predicted molar refractivity (Wildman–Crippen MR) is 161 cm³/mol. The van der Waals surface area contributed by atoms with E-state index in [2.05, 4.69) is 19.9 Å². The molecule has 0 saturated carbocycles. The number of aliphatic hydroxyl groups excluding tert-OH is 1. The number of ether oxygens (including phenoxy) is 4. The van der Waals surface area contributed by atoms with Crippen molar-refractivity contribution in [2.24, 2.45) is 5.92 Å². The molecule has 1 amide bonds. The lowest BCUT2D eigenvalue weighted by molar-refractivity contribution is -0.140. The van der Waals surface area contributed by atoms with Crippen molar-refractivity contribution in [3.63, 3.8) is 0 Å². The standard InChI is InChI=1S/C34H39NO7/c1-22(2)15-17-41-28-14-11-26(20-29(28)40-5)31-30(33(37)34(38)35(31)16-18-39-4)32(36)25-9-12-27(13-10-25)42-21-24-8-6-7-23(3)19-24/h6-14,19-20,22,31,36H,15-18,21H2,1-5H3/b32-30+. The summed E-state index contributed by atoms with van der Waals surface area (Å²) < 4.78 is 22.7. The van der Waals surface area contributed by atoms with Gasteiger partial charge in [-0.1, -0.05) is 49.7 Å². The van der Waals surface area contributed by atoms with Gasteiger partial charge in [0.1, 0.15) is 18.1 Å². The molecule has 1 aliphatic heterocycles. The molecular formula is C34H39NO7. The number of ketones is 1. The monoisotopic (exact) mass is 573 g/mol. The van der Waals surface area contributed by atoms with Crippen LogP contribution in [-0.4, -0.2) is 55.7 Å². The second-order valence-electron chi connectivity index (χ2n) is 10.7. The quantitative estimate of drug-likeness (QED) is 0.151. The van der Waals surface area contributed by atoms with E-state index in [9.17, 15) is 14.7 Å². The molecule has 0 spiro atoms. The molecule has 0 aliphatic carbocycles. The van der Waals surface area contributed by atoms with Gasteiger partial charge in [-0.3, -0.25) is 9.59 Å². The zero-order valence-electron chi connectivity index (χ0n) is 24.9. The zero-order chi connectivity index (χ0) is 30.2. The third-order valence-electron chi connectivity index (χ3n) is 7.15. The third kappa shape index (κ3) is 7.12. The van der Waals surface area contributed by atoms with Crippen molar-refractivity contribution in [3.8, 4) is 17.2 Å². The third-order valence-corrected chi connectivity index (χ3v) is 7.15. The first-order valence-electron chi connectivity index (χ1n) is 14.1. The first-order chi connectivity index (χ1) is 20.2. The molecule has 1 saturated heterocycles. The van der Waals surface area contributed by atoms with Gasteiger partial charge in [0.15, 0.2) is 11.5 Å². The van der Waals surface area contributed by atoms with E-state index in [1.54, 1.807) is 49.6 Å². The van der Waals surface area contributed by atoms with Gasteiger partial charge in [0.2, 0.25) is 0 Å². The SMILES string of the molecule is COCCN1C(=O)C(=O)/C(=C(/O)c2ccc(OCc3cccc(C)c3)cc2)C1c1ccc(OCCC(C)C)c(OC)c1. The molecule has 3 aromatic carbocycles. The Morgan fingerprint density at radius 2 is 1.69 bits per heavy atom. The van der Waals surface area contributed by atoms with Crippen molar-refractivity contribution < 1.29 is 33.6 Å². The summed E-state index contributed by atoms with van der Waals surface area (Å²) in [6, 6.07) is 19.3. The summed E-state index contributed by atoms with van der Waals surface area (Å²) in [7, 11) is 3.07. The van der Waals surface area contributed by atoms with Crippen LogP contribution in [0.3, 0.4) is 0 Å². The summed E-state index contributed by atoms with van der Waals surface area (Å²) in [5.74, 6) is 0.422. The van der Waals surface area contributed by atoms with Gasteiger partial charge in [0, 0.05) is 19.2 Å². The topological polar surface area (TPSA) is 94.5 Å². The lowest BCUT2D eigenvalue weighted by atomic mass is 9.95. The van der Waals surface area contributed by atoms with Crippen molar-refractivity contribution in [2.45, 2.75) is 39.8 Å². The second-order valence-corrected chi connectivity index (χ2v) is 10.7. The van der Waals surface area contributed by atoms with Crippen LogP contribution in [0.2, 0.25) is 0 Å². The van der Waals surface area contributed by atoms with Crippen LogP contribution in [0.15, 0.2) is 72.3 Å². The van der Waals surface area contributed by atoms with E-state index in [-0.39, 0.29) is 24.5 Å². The van der Waals surface area contributed by atoms with Gasteiger partial charge < -0.3 is 29.0 Å². The lowest BCUT2D eigenvalue weighted by Crippen LogP contribution is -2.32. The van der Waals surface area contributed by atoms with Gasteiger partial charge in [-0.2, -0.15) is 0 Å². The molecule has 0 radical (unpaired) electrons. The summed E-state index contributed by atoms with van der Waals surface area (Å²) in [5, 5.41) is 11.4. The molecule has 0 aromatic heterocycles. The number of benzene rings is 3. The maximum absolute atomic E-state index is 13.3. The molecule has 3 aromatic rings. The fourth-order valence-electron chi connectivity index (χ4n) is 4.86. The van der Waals surface area contributed by atoms with E-state index in [1.165, 1.54) is 12.0 Å². The smallest absolute Gasteiger partial charge is 0.295 e. The average Bonchev–Trinajstić information content (AvgIpc) is 3.23. The van der Waals surface area contributed by atoms with E-state index < -0.39 is 17.7 Å². The molecule has 0 bridgehead atoms. The van der Waals surface area contributed by atoms with Gasteiger partial charge >= 0.3 is 0 Å². The van der Waals surface area contributed by atoms with Gasteiger partial charge in [-0.05, 0) is 66.8 Å². The molecular weight excluding hydrogens is 534 g/mol. The molecule has 1 aliphatic rings. The summed E-state index contributed by atoms with van der Waals surface area (Å²) in [6.45, 7) is 7.60. The number of methoxy groups -OCH3 is 2. The van der Waals surface area contributed by atoms with Crippen molar-refractivity contribution in [3.05, 3.63) is 94.6 Å². The molecule has 1 N–H and O–H groups in total. The fraction of sp³-hybridized carbons (Fsp3) is 0.353. The highest BCUT2D eigenvalue weighted by Gasteiger charge is 2.46. The number of rotatable bonds is 13. The number of hydrogen-bond acceptors (Lipinski definition) is 7. The molecule has 1 unspecified atom stereocenters. The van der Waals surface area contributed by atoms with E-state index in [0.717, 1.165) is 17.5 Å². The van der Waals surface area contributed by atoms with Crippen LogP contribution in [0.1, 0.15) is 48.6 Å². The van der Waals surface area contributed by atoms with E-state index in [0.29, 0.717) is 47.5 Å². The van der Waals surface area contributed by atoms with Crippen molar-refractivity contribution in [1.29, 1.82) is 0 Å². The Hall–Kier alpha value is -4.30. The van der Waals surface area contributed by atoms with Crippen LogP contribution in [0.4, 0.5) is 0 Å². The number of likely N-dealkylation sites (tertiary alicyclic amines) is 1. The predicted octanol–water partition coefficient (Wildman–Crippen LogP) is 6.08.